The topological polar surface area (TPSA) is 56.1 Å². The van der Waals surface area contributed by atoms with Crippen LogP contribution in [-0.4, -0.2) is 22.6 Å². The molecule has 27 heavy (non-hydrogen) atoms. The van der Waals surface area contributed by atoms with Gasteiger partial charge in [-0.2, -0.15) is 0 Å². The zero-order valence-corrected chi connectivity index (χ0v) is 15.8. The number of carbonyl (C=O) groups is 1. The van der Waals surface area contributed by atoms with Gasteiger partial charge in [-0.05, 0) is 56.7 Å². The van der Waals surface area contributed by atoms with Crippen molar-refractivity contribution >= 4 is 5.91 Å². The molecule has 0 radical (unpaired) electrons. The Bertz CT molecular complexity index is 967. The first-order valence-corrected chi connectivity index (χ1v) is 8.67. The molecule has 0 aliphatic rings. The van der Waals surface area contributed by atoms with E-state index in [2.05, 4.69) is 10.3 Å². The van der Waals surface area contributed by atoms with Crippen molar-refractivity contribution in [1.82, 2.24) is 14.9 Å². The first kappa shape index (κ1) is 18.6. The quantitative estimate of drug-likeness (QED) is 0.738. The fourth-order valence-corrected chi connectivity index (χ4v) is 3.14. The molecule has 2 aromatic heterocycles. The molecule has 3 rings (SSSR count). The van der Waals surface area contributed by atoms with E-state index in [1.807, 2.05) is 49.6 Å². The van der Waals surface area contributed by atoms with E-state index in [9.17, 15) is 9.18 Å². The van der Waals surface area contributed by atoms with Gasteiger partial charge in [-0.1, -0.05) is 12.1 Å². The maximum atomic E-state index is 13.9. The molecule has 2 heterocycles. The van der Waals surface area contributed by atoms with E-state index < -0.39 is 5.82 Å². The maximum Gasteiger partial charge on any atom is 0.253 e. The molecule has 1 N–H and O–H groups in total. The fraction of sp³-hybridized carbons (Fsp3) is 0.238. The van der Waals surface area contributed by atoms with E-state index in [1.165, 1.54) is 13.2 Å². The number of aromatic nitrogens is 2. The summed E-state index contributed by atoms with van der Waals surface area (Å²) >= 11 is 0. The molecule has 0 saturated heterocycles. The third-order valence-electron chi connectivity index (χ3n) is 4.58. The Morgan fingerprint density at radius 1 is 1.22 bits per heavy atom. The van der Waals surface area contributed by atoms with Crippen LogP contribution in [0.1, 0.15) is 40.3 Å². The lowest BCUT2D eigenvalue weighted by molar-refractivity contribution is 0.0939. The molecule has 140 valence electrons. The van der Waals surface area contributed by atoms with Gasteiger partial charge in [0.05, 0.1) is 18.7 Å². The van der Waals surface area contributed by atoms with E-state index in [4.69, 9.17) is 4.74 Å². The number of pyridine rings is 1. The highest BCUT2D eigenvalue weighted by Crippen LogP contribution is 2.23. The third-order valence-corrected chi connectivity index (χ3v) is 4.58. The van der Waals surface area contributed by atoms with Gasteiger partial charge in [0.15, 0.2) is 11.6 Å². The third kappa shape index (κ3) is 3.69. The lowest BCUT2D eigenvalue weighted by atomic mass is 10.1. The number of ether oxygens (including phenoxy) is 1. The Morgan fingerprint density at radius 3 is 2.63 bits per heavy atom. The normalized spacial score (nSPS) is 11.9. The molecular formula is C21H22FN3O2. The summed E-state index contributed by atoms with van der Waals surface area (Å²) in [6.07, 6.45) is 1.72. The Kier molecular flexibility index (Phi) is 5.26. The van der Waals surface area contributed by atoms with E-state index in [0.29, 0.717) is 11.1 Å². The number of hydrogen-bond donors (Lipinski definition) is 1. The van der Waals surface area contributed by atoms with Gasteiger partial charge in [0.25, 0.3) is 5.91 Å². The standard InChI is InChI=1S/C21H22FN3O2/c1-13-11-17(15(3)25(13)20-7-5-6-10-23-20)21(26)24-14(2)16-8-9-19(27-4)18(22)12-16/h5-12,14H,1-4H3,(H,24,26). The van der Waals surface area contributed by atoms with E-state index >= 15 is 0 Å². The van der Waals surface area contributed by atoms with Crippen LogP contribution >= 0.6 is 0 Å². The Labute approximate surface area is 157 Å². The Hall–Kier alpha value is -3.15. The van der Waals surface area contributed by atoms with Crippen molar-refractivity contribution in [3.63, 3.8) is 0 Å². The number of nitrogens with one attached hydrogen (secondary N) is 1. The zero-order valence-electron chi connectivity index (χ0n) is 15.8. The van der Waals surface area contributed by atoms with Gasteiger partial charge >= 0.3 is 0 Å². The first-order chi connectivity index (χ1) is 12.9. The molecule has 0 aliphatic carbocycles. The summed E-state index contributed by atoms with van der Waals surface area (Å²) in [5.41, 5.74) is 2.95. The summed E-state index contributed by atoms with van der Waals surface area (Å²) in [5, 5.41) is 2.93. The molecule has 1 aromatic carbocycles. The average Bonchev–Trinajstić information content (AvgIpc) is 2.96. The van der Waals surface area contributed by atoms with Crippen molar-refractivity contribution in [3.05, 3.63) is 77.0 Å². The summed E-state index contributed by atoms with van der Waals surface area (Å²) in [6, 6.07) is 11.8. The van der Waals surface area contributed by atoms with Crippen molar-refractivity contribution in [2.24, 2.45) is 0 Å². The second kappa shape index (κ2) is 7.61. The average molecular weight is 367 g/mol. The van der Waals surface area contributed by atoms with Gasteiger partial charge in [-0.3, -0.25) is 4.79 Å². The number of rotatable bonds is 5. The molecule has 1 atom stereocenters. The minimum absolute atomic E-state index is 0.177. The smallest absolute Gasteiger partial charge is 0.253 e. The summed E-state index contributed by atoms with van der Waals surface area (Å²) in [6.45, 7) is 5.63. The molecule has 0 aliphatic heterocycles. The molecule has 1 unspecified atom stereocenters. The van der Waals surface area contributed by atoms with Crippen molar-refractivity contribution in [3.8, 4) is 11.6 Å². The maximum absolute atomic E-state index is 13.9. The van der Waals surface area contributed by atoms with Crippen molar-refractivity contribution in [2.45, 2.75) is 26.8 Å². The van der Waals surface area contributed by atoms with Gasteiger partial charge in [0.2, 0.25) is 0 Å². The fourth-order valence-electron chi connectivity index (χ4n) is 3.14. The largest absolute Gasteiger partial charge is 0.494 e. The van der Waals surface area contributed by atoms with Gasteiger partial charge < -0.3 is 14.6 Å². The van der Waals surface area contributed by atoms with Gasteiger partial charge in [-0.25, -0.2) is 9.37 Å². The van der Waals surface area contributed by atoms with Crippen LogP contribution in [0.5, 0.6) is 5.75 Å². The molecule has 0 saturated carbocycles. The number of carbonyl (C=O) groups excluding carboxylic acids is 1. The highest BCUT2D eigenvalue weighted by atomic mass is 19.1. The monoisotopic (exact) mass is 367 g/mol. The van der Waals surface area contributed by atoms with Crippen LogP contribution in [0.4, 0.5) is 4.39 Å². The van der Waals surface area contributed by atoms with Crippen LogP contribution in [-0.2, 0) is 0 Å². The number of hydrogen-bond acceptors (Lipinski definition) is 3. The Balaban J connectivity index is 1.83. The summed E-state index contributed by atoms with van der Waals surface area (Å²) in [4.78, 5) is 17.1. The second-order valence-corrected chi connectivity index (χ2v) is 6.40. The lowest BCUT2D eigenvalue weighted by Crippen LogP contribution is -2.27. The molecule has 5 nitrogen and oxygen atoms in total. The number of aryl methyl sites for hydroxylation is 1. The zero-order chi connectivity index (χ0) is 19.6. The molecule has 0 spiro atoms. The van der Waals surface area contributed by atoms with E-state index in [-0.39, 0.29) is 17.7 Å². The number of amides is 1. The minimum Gasteiger partial charge on any atom is -0.494 e. The highest BCUT2D eigenvalue weighted by molar-refractivity contribution is 5.96. The van der Waals surface area contributed by atoms with Gasteiger partial charge in [0.1, 0.15) is 5.82 Å². The first-order valence-electron chi connectivity index (χ1n) is 8.67. The number of halogens is 1. The molecule has 0 fully saturated rings. The van der Waals surface area contributed by atoms with Crippen LogP contribution < -0.4 is 10.1 Å². The van der Waals surface area contributed by atoms with Crippen molar-refractivity contribution < 1.29 is 13.9 Å². The second-order valence-electron chi connectivity index (χ2n) is 6.40. The summed E-state index contributed by atoms with van der Waals surface area (Å²) < 4.78 is 20.8. The minimum atomic E-state index is -0.454. The van der Waals surface area contributed by atoms with Crippen LogP contribution in [0.15, 0.2) is 48.7 Å². The van der Waals surface area contributed by atoms with Gasteiger partial charge in [-0.15, -0.1) is 0 Å². The highest BCUT2D eigenvalue weighted by Gasteiger charge is 2.19. The van der Waals surface area contributed by atoms with Crippen molar-refractivity contribution in [2.75, 3.05) is 7.11 Å². The number of methoxy groups -OCH3 is 1. The molecule has 0 bridgehead atoms. The SMILES string of the molecule is COc1ccc(C(C)NC(=O)c2cc(C)n(-c3ccccn3)c2C)cc1F. The van der Waals surface area contributed by atoms with E-state index in [0.717, 1.165) is 17.2 Å². The number of nitrogens with zero attached hydrogens (tertiary/aromatic N) is 2. The predicted molar refractivity (Wildman–Crippen MR) is 102 cm³/mol. The Morgan fingerprint density at radius 2 is 2.00 bits per heavy atom. The summed E-state index contributed by atoms with van der Waals surface area (Å²) in [5.74, 6) is 0.270. The van der Waals surface area contributed by atoms with Crippen LogP contribution in [0.3, 0.4) is 0 Å². The van der Waals surface area contributed by atoms with Crippen LogP contribution in [0.25, 0.3) is 5.82 Å². The lowest BCUT2D eigenvalue weighted by Gasteiger charge is -2.15. The molecule has 6 heteroatoms. The van der Waals surface area contributed by atoms with Crippen LogP contribution in [0, 0.1) is 19.7 Å². The van der Waals surface area contributed by atoms with Crippen LogP contribution in [0.2, 0.25) is 0 Å². The number of benzene rings is 1. The predicted octanol–water partition coefficient (Wildman–Crippen LogP) is 4.13. The molecular weight excluding hydrogens is 345 g/mol. The van der Waals surface area contributed by atoms with Crippen molar-refractivity contribution in [1.29, 1.82) is 0 Å². The summed E-state index contributed by atoms with van der Waals surface area (Å²) in [7, 11) is 1.42. The molecule has 1 amide bonds. The molecule has 3 aromatic rings. The van der Waals surface area contributed by atoms with Gasteiger partial charge in [0, 0.05) is 17.6 Å². The van der Waals surface area contributed by atoms with E-state index in [1.54, 1.807) is 18.3 Å².